The first-order valence-corrected chi connectivity index (χ1v) is 5.79. The number of hydrogen-bond acceptors (Lipinski definition) is 5. The number of nitriles is 1. The lowest BCUT2D eigenvalue weighted by atomic mass is 10.2. The number of carboxylic acid groups (broad SMARTS) is 1. The van der Waals surface area contributed by atoms with E-state index in [9.17, 15) is 9.59 Å². The molecule has 0 saturated heterocycles. The van der Waals surface area contributed by atoms with Crippen molar-refractivity contribution in [2.24, 2.45) is 0 Å². The Morgan fingerprint density at radius 3 is 2.50 bits per heavy atom. The smallest absolute Gasteiger partial charge is 0.334 e. The predicted octanol–water partition coefficient (Wildman–Crippen LogP) is -0.113. The summed E-state index contributed by atoms with van der Waals surface area (Å²) in [5.41, 5.74) is 0.471. The summed E-state index contributed by atoms with van der Waals surface area (Å²) < 4.78 is 5.32. The lowest BCUT2D eigenvalue weighted by Crippen LogP contribution is -2.42. The van der Waals surface area contributed by atoms with Gasteiger partial charge in [0.1, 0.15) is 5.75 Å². The molecule has 0 aliphatic carbocycles. The van der Waals surface area contributed by atoms with Crippen molar-refractivity contribution in [3.63, 3.8) is 0 Å². The number of ether oxygens (including phenoxy) is 1. The van der Waals surface area contributed by atoms with Crippen molar-refractivity contribution in [2.45, 2.75) is 19.1 Å². The molecule has 2 unspecified atom stereocenters. The second-order valence-electron chi connectivity index (χ2n) is 4.00. The number of hydrogen-bond donors (Lipinski definition) is 3. The van der Waals surface area contributed by atoms with Crippen molar-refractivity contribution in [3.8, 4) is 11.8 Å². The number of benzene rings is 1. The van der Waals surface area contributed by atoms with Crippen LogP contribution in [0.2, 0.25) is 0 Å². The van der Waals surface area contributed by atoms with E-state index >= 15 is 0 Å². The highest BCUT2D eigenvalue weighted by molar-refractivity contribution is 5.81. The highest BCUT2D eigenvalue weighted by Crippen LogP contribution is 2.13. The van der Waals surface area contributed by atoms with Crippen LogP contribution in [0.15, 0.2) is 24.3 Å². The Morgan fingerprint density at radius 2 is 2.00 bits per heavy atom. The Kier molecular flexibility index (Phi) is 5.50. The summed E-state index contributed by atoms with van der Waals surface area (Å²) in [5, 5.41) is 28.4. The molecule has 1 aromatic rings. The molecular weight excluding hydrogens is 264 g/mol. The summed E-state index contributed by atoms with van der Waals surface area (Å²) in [5.74, 6) is -1.55. The lowest BCUT2D eigenvalue weighted by molar-refractivity contribution is -0.146. The van der Waals surface area contributed by atoms with Gasteiger partial charge in [-0.15, -0.1) is 0 Å². The normalized spacial score (nSPS) is 12.8. The number of carboxylic acids is 1. The summed E-state index contributed by atoms with van der Waals surface area (Å²) in [4.78, 5) is 22.0. The maximum atomic E-state index is 11.6. The van der Waals surface area contributed by atoms with Crippen LogP contribution in [0.4, 0.5) is 0 Å². The molecule has 20 heavy (non-hydrogen) atoms. The summed E-state index contributed by atoms with van der Waals surface area (Å²) in [6.07, 6.45) is -2.51. The van der Waals surface area contributed by atoms with Crippen LogP contribution in [0.3, 0.4) is 0 Å². The number of aliphatic hydroxyl groups is 1. The zero-order valence-electron chi connectivity index (χ0n) is 10.7. The molecule has 7 heteroatoms. The summed E-state index contributed by atoms with van der Waals surface area (Å²) >= 11 is 0. The summed E-state index contributed by atoms with van der Waals surface area (Å²) in [6, 6.07) is 8.15. The number of aliphatic hydroxyl groups excluding tert-OH is 1. The minimum atomic E-state index is -1.65. The van der Waals surface area contributed by atoms with Crippen LogP contribution < -0.4 is 10.1 Å². The molecular formula is C13H14N2O5. The molecule has 0 saturated carbocycles. The average Bonchev–Trinajstić information content (AvgIpc) is 2.44. The fourth-order valence-electron chi connectivity index (χ4n) is 1.29. The first-order valence-electron chi connectivity index (χ1n) is 5.79. The van der Waals surface area contributed by atoms with Crippen LogP contribution in [0.5, 0.6) is 5.75 Å². The first kappa shape index (κ1) is 15.5. The monoisotopic (exact) mass is 278 g/mol. The van der Waals surface area contributed by atoms with Gasteiger partial charge in [-0.25, -0.2) is 4.79 Å². The Labute approximate surface area is 115 Å². The highest BCUT2D eigenvalue weighted by Gasteiger charge is 2.18. The van der Waals surface area contributed by atoms with Crippen LogP contribution in [0.25, 0.3) is 0 Å². The third kappa shape index (κ3) is 4.59. The molecule has 2 atom stereocenters. The molecule has 1 rings (SSSR count). The van der Waals surface area contributed by atoms with Gasteiger partial charge in [-0.1, -0.05) is 0 Å². The third-order valence-electron chi connectivity index (χ3n) is 2.42. The Balaban J connectivity index is 2.48. The van der Waals surface area contributed by atoms with Crippen molar-refractivity contribution in [2.75, 3.05) is 6.54 Å². The van der Waals surface area contributed by atoms with Gasteiger partial charge in [-0.05, 0) is 31.2 Å². The van der Waals surface area contributed by atoms with Crippen LogP contribution >= 0.6 is 0 Å². The minimum Gasteiger partial charge on any atom is -0.481 e. The standard InChI is InChI=1S/C13H14N2O5/c1-8(12(17)15-7-11(16)13(18)19)20-10-4-2-9(6-14)3-5-10/h2-5,8,11,16H,7H2,1H3,(H,15,17)(H,18,19). The average molecular weight is 278 g/mol. The van der Waals surface area contributed by atoms with E-state index in [2.05, 4.69) is 5.32 Å². The molecule has 7 nitrogen and oxygen atoms in total. The second-order valence-corrected chi connectivity index (χ2v) is 4.00. The van der Waals surface area contributed by atoms with Crippen LogP contribution in [0.1, 0.15) is 12.5 Å². The largest absolute Gasteiger partial charge is 0.481 e. The first-order chi connectivity index (χ1) is 9.43. The van der Waals surface area contributed by atoms with Gasteiger partial charge in [-0.3, -0.25) is 4.79 Å². The zero-order chi connectivity index (χ0) is 15.1. The molecule has 106 valence electrons. The fraction of sp³-hybridized carbons (Fsp3) is 0.308. The van der Waals surface area contributed by atoms with E-state index in [0.29, 0.717) is 11.3 Å². The summed E-state index contributed by atoms with van der Waals surface area (Å²) in [7, 11) is 0. The van der Waals surface area contributed by atoms with Crippen molar-refractivity contribution < 1.29 is 24.5 Å². The van der Waals surface area contributed by atoms with Gasteiger partial charge < -0.3 is 20.3 Å². The number of amides is 1. The van der Waals surface area contributed by atoms with Gasteiger partial charge in [0.2, 0.25) is 0 Å². The van der Waals surface area contributed by atoms with E-state index in [0.717, 1.165) is 0 Å². The number of nitrogens with zero attached hydrogens (tertiary/aromatic N) is 1. The number of rotatable bonds is 6. The van der Waals surface area contributed by atoms with Gasteiger partial charge in [0.15, 0.2) is 12.2 Å². The van der Waals surface area contributed by atoms with Gasteiger partial charge in [0.05, 0.1) is 18.2 Å². The van der Waals surface area contributed by atoms with Crippen molar-refractivity contribution in [3.05, 3.63) is 29.8 Å². The fourth-order valence-corrected chi connectivity index (χ4v) is 1.29. The van der Waals surface area contributed by atoms with E-state index in [1.807, 2.05) is 6.07 Å². The van der Waals surface area contributed by atoms with Crippen molar-refractivity contribution in [1.29, 1.82) is 5.26 Å². The topological polar surface area (TPSA) is 120 Å². The SMILES string of the molecule is CC(Oc1ccc(C#N)cc1)C(=O)NCC(O)C(=O)O. The minimum absolute atomic E-state index is 0.394. The highest BCUT2D eigenvalue weighted by atomic mass is 16.5. The van der Waals surface area contributed by atoms with E-state index < -0.39 is 30.6 Å². The molecule has 0 aromatic heterocycles. The van der Waals surface area contributed by atoms with E-state index in [1.165, 1.54) is 6.92 Å². The van der Waals surface area contributed by atoms with E-state index in [-0.39, 0.29) is 0 Å². The maximum Gasteiger partial charge on any atom is 0.334 e. The van der Waals surface area contributed by atoms with Gasteiger partial charge >= 0.3 is 5.97 Å². The molecule has 0 radical (unpaired) electrons. The third-order valence-corrected chi connectivity index (χ3v) is 2.42. The van der Waals surface area contributed by atoms with Crippen LogP contribution in [0, 0.1) is 11.3 Å². The molecule has 0 spiro atoms. The van der Waals surface area contributed by atoms with Crippen molar-refractivity contribution in [1.82, 2.24) is 5.32 Å². The van der Waals surface area contributed by atoms with Gasteiger partial charge in [0, 0.05) is 0 Å². The second kappa shape index (κ2) is 7.11. The number of carbonyl (C=O) groups excluding carboxylic acids is 1. The van der Waals surface area contributed by atoms with Gasteiger partial charge in [0.25, 0.3) is 5.91 Å². The van der Waals surface area contributed by atoms with Crippen LogP contribution in [-0.4, -0.2) is 40.8 Å². The van der Waals surface area contributed by atoms with Gasteiger partial charge in [-0.2, -0.15) is 5.26 Å². The maximum absolute atomic E-state index is 11.6. The molecule has 0 bridgehead atoms. The number of aliphatic carboxylic acids is 1. The Hall–Kier alpha value is -2.59. The Morgan fingerprint density at radius 1 is 1.40 bits per heavy atom. The molecule has 0 aliphatic heterocycles. The number of carbonyl (C=O) groups is 2. The number of nitrogens with one attached hydrogen (secondary N) is 1. The van der Waals surface area contributed by atoms with E-state index in [4.69, 9.17) is 20.2 Å². The predicted molar refractivity (Wildman–Crippen MR) is 67.9 cm³/mol. The molecule has 0 aliphatic rings. The lowest BCUT2D eigenvalue weighted by Gasteiger charge is -2.15. The molecule has 1 aromatic carbocycles. The van der Waals surface area contributed by atoms with Crippen molar-refractivity contribution >= 4 is 11.9 Å². The molecule has 0 fully saturated rings. The Bertz CT molecular complexity index is 521. The molecule has 3 N–H and O–H groups in total. The molecule has 1 amide bonds. The quantitative estimate of drug-likeness (QED) is 0.667. The zero-order valence-corrected chi connectivity index (χ0v) is 10.7. The van der Waals surface area contributed by atoms with E-state index in [1.54, 1.807) is 24.3 Å². The van der Waals surface area contributed by atoms with Crippen LogP contribution in [-0.2, 0) is 9.59 Å². The molecule has 0 heterocycles. The summed E-state index contributed by atoms with van der Waals surface area (Å²) in [6.45, 7) is 1.09.